The molecular weight excluding hydrogens is 322 g/mol. The lowest BCUT2D eigenvalue weighted by Gasteiger charge is -2.36. The average Bonchev–Trinajstić information content (AvgIpc) is 3.37. The van der Waals surface area contributed by atoms with E-state index in [9.17, 15) is 5.11 Å². The third kappa shape index (κ3) is 2.87. The predicted octanol–water partition coefficient (Wildman–Crippen LogP) is 2.57. The maximum atomic E-state index is 10.7. The summed E-state index contributed by atoms with van der Waals surface area (Å²) in [5.41, 5.74) is 1.74. The van der Waals surface area contributed by atoms with Gasteiger partial charge in [-0.25, -0.2) is 0 Å². The van der Waals surface area contributed by atoms with Crippen LogP contribution in [0.4, 0.5) is 0 Å². The van der Waals surface area contributed by atoms with E-state index in [4.69, 9.17) is 14.0 Å². The Morgan fingerprint density at radius 1 is 1.24 bits per heavy atom. The predicted molar refractivity (Wildman–Crippen MR) is 89.6 cm³/mol. The van der Waals surface area contributed by atoms with Gasteiger partial charge < -0.3 is 19.1 Å². The van der Waals surface area contributed by atoms with Crippen LogP contribution in [0.15, 0.2) is 16.7 Å². The number of hydrogen-bond acceptors (Lipinski definition) is 7. The Balaban J connectivity index is 1.63. The summed E-state index contributed by atoms with van der Waals surface area (Å²) in [5, 5.41) is 14.8. The summed E-state index contributed by atoms with van der Waals surface area (Å²) in [6.45, 7) is 3.11. The van der Waals surface area contributed by atoms with E-state index in [1.54, 1.807) is 14.2 Å². The SMILES string of the molecule is COc1ccc(OC)c2c1CN([C@@H](C)c1nc(C3CC3)no1)C[C@H]2O. The molecule has 0 saturated heterocycles. The van der Waals surface area contributed by atoms with Gasteiger partial charge in [0.2, 0.25) is 5.89 Å². The molecule has 1 aliphatic carbocycles. The minimum Gasteiger partial charge on any atom is -0.496 e. The van der Waals surface area contributed by atoms with Crippen molar-refractivity contribution in [2.75, 3.05) is 20.8 Å². The molecule has 2 aromatic rings. The van der Waals surface area contributed by atoms with E-state index in [-0.39, 0.29) is 6.04 Å². The highest BCUT2D eigenvalue weighted by atomic mass is 16.5. The van der Waals surface area contributed by atoms with Crippen LogP contribution >= 0.6 is 0 Å². The molecule has 7 nitrogen and oxygen atoms in total. The fourth-order valence-corrected chi connectivity index (χ4v) is 3.48. The highest BCUT2D eigenvalue weighted by Crippen LogP contribution is 2.42. The van der Waals surface area contributed by atoms with Gasteiger partial charge in [-0.1, -0.05) is 5.16 Å². The van der Waals surface area contributed by atoms with Crippen molar-refractivity contribution in [3.05, 3.63) is 35.0 Å². The van der Waals surface area contributed by atoms with Crippen LogP contribution in [0, 0.1) is 0 Å². The molecule has 1 aliphatic heterocycles. The molecule has 4 rings (SSSR count). The molecule has 25 heavy (non-hydrogen) atoms. The first-order valence-electron chi connectivity index (χ1n) is 8.61. The standard InChI is InChI=1S/C18H23N3O4/c1-10(18-19-17(20-25-18)11-4-5-11)21-8-12-14(23-2)6-7-15(24-3)16(12)13(22)9-21/h6-7,10-11,13,22H,4-5,8-9H2,1-3H3/t10-,13+/m0/s1. The van der Waals surface area contributed by atoms with Crippen LogP contribution in [0.3, 0.4) is 0 Å². The Morgan fingerprint density at radius 2 is 1.96 bits per heavy atom. The van der Waals surface area contributed by atoms with E-state index in [0.717, 1.165) is 35.5 Å². The Bertz CT molecular complexity index is 772. The van der Waals surface area contributed by atoms with Crippen LogP contribution in [-0.2, 0) is 6.54 Å². The number of β-amino-alcohol motifs (C(OH)–C–C–N with tert-alkyl or cyclic N) is 1. The fourth-order valence-electron chi connectivity index (χ4n) is 3.48. The molecule has 1 N–H and O–H groups in total. The van der Waals surface area contributed by atoms with Crippen molar-refractivity contribution in [1.82, 2.24) is 15.0 Å². The molecule has 1 aromatic carbocycles. The zero-order valence-electron chi connectivity index (χ0n) is 14.7. The second-order valence-electron chi connectivity index (χ2n) is 6.75. The minimum absolute atomic E-state index is 0.0845. The van der Waals surface area contributed by atoms with E-state index in [2.05, 4.69) is 15.0 Å². The fraction of sp³-hybridized carbons (Fsp3) is 0.556. The number of fused-ring (bicyclic) bond motifs is 1. The number of aliphatic hydroxyl groups excluding tert-OH is 1. The first-order valence-corrected chi connectivity index (χ1v) is 8.61. The van der Waals surface area contributed by atoms with Gasteiger partial charge in [-0.05, 0) is 31.9 Å². The number of aliphatic hydroxyl groups is 1. The molecule has 1 fully saturated rings. The first kappa shape index (κ1) is 16.4. The van der Waals surface area contributed by atoms with Crippen molar-refractivity contribution in [2.24, 2.45) is 0 Å². The van der Waals surface area contributed by atoms with Crippen molar-refractivity contribution < 1.29 is 19.1 Å². The summed E-state index contributed by atoms with van der Waals surface area (Å²) in [6, 6.07) is 3.62. The average molecular weight is 345 g/mol. The zero-order valence-corrected chi connectivity index (χ0v) is 14.7. The second kappa shape index (κ2) is 6.31. The quantitative estimate of drug-likeness (QED) is 0.892. The van der Waals surface area contributed by atoms with Crippen molar-refractivity contribution in [2.45, 2.75) is 44.4 Å². The van der Waals surface area contributed by atoms with Crippen LogP contribution in [0.5, 0.6) is 11.5 Å². The second-order valence-corrected chi connectivity index (χ2v) is 6.75. The number of benzene rings is 1. The smallest absolute Gasteiger partial charge is 0.243 e. The maximum Gasteiger partial charge on any atom is 0.243 e. The summed E-state index contributed by atoms with van der Waals surface area (Å²) >= 11 is 0. The van der Waals surface area contributed by atoms with Gasteiger partial charge in [0.1, 0.15) is 11.5 Å². The molecule has 0 spiro atoms. The number of hydrogen-bond donors (Lipinski definition) is 1. The lowest BCUT2D eigenvalue weighted by atomic mass is 9.94. The summed E-state index contributed by atoms with van der Waals surface area (Å²) in [7, 11) is 3.25. The van der Waals surface area contributed by atoms with Gasteiger partial charge >= 0.3 is 0 Å². The van der Waals surface area contributed by atoms with Crippen LogP contribution in [0.1, 0.15) is 60.7 Å². The number of methoxy groups -OCH3 is 2. The first-order chi connectivity index (χ1) is 12.1. The van der Waals surface area contributed by atoms with E-state index in [1.165, 1.54) is 0 Å². The Morgan fingerprint density at radius 3 is 2.64 bits per heavy atom. The lowest BCUT2D eigenvalue weighted by molar-refractivity contribution is 0.0567. The van der Waals surface area contributed by atoms with Gasteiger partial charge in [-0.15, -0.1) is 0 Å². The normalized spacial score (nSPS) is 21.7. The van der Waals surface area contributed by atoms with E-state index < -0.39 is 6.10 Å². The topological polar surface area (TPSA) is 80.9 Å². The molecule has 0 amide bonds. The van der Waals surface area contributed by atoms with Gasteiger partial charge in [0.25, 0.3) is 0 Å². The van der Waals surface area contributed by atoms with Crippen molar-refractivity contribution in [3.8, 4) is 11.5 Å². The third-order valence-electron chi connectivity index (χ3n) is 5.12. The van der Waals surface area contributed by atoms with Crippen LogP contribution in [-0.4, -0.2) is 40.9 Å². The largest absolute Gasteiger partial charge is 0.496 e. The van der Waals surface area contributed by atoms with Crippen molar-refractivity contribution in [3.63, 3.8) is 0 Å². The van der Waals surface area contributed by atoms with Gasteiger partial charge in [0, 0.05) is 30.1 Å². The number of nitrogens with zero attached hydrogens (tertiary/aromatic N) is 3. The van der Waals surface area contributed by atoms with Gasteiger partial charge in [-0.2, -0.15) is 4.98 Å². The molecule has 134 valence electrons. The number of ether oxygens (including phenoxy) is 2. The van der Waals surface area contributed by atoms with Crippen molar-refractivity contribution >= 4 is 0 Å². The Labute approximate surface area is 146 Å². The molecule has 2 heterocycles. The summed E-state index contributed by atoms with van der Waals surface area (Å²) in [5.74, 6) is 3.29. The molecule has 0 radical (unpaired) electrons. The molecule has 2 aliphatic rings. The van der Waals surface area contributed by atoms with Gasteiger partial charge in [0.05, 0.1) is 26.4 Å². The summed E-state index contributed by atoms with van der Waals surface area (Å²) in [4.78, 5) is 6.67. The summed E-state index contributed by atoms with van der Waals surface area (Å²) in [6.07, 6.45) is 1.61. The Kier molecular flexibility index (Phi) is 4.13. The third-order valence-corrected chi connectivity index (χ3v) is 5.12. The molecule has 7 heteroatoms. The highest BCUT2D eigenvalue weighted by Gasteiger charge is 2.35. The van der Waals surface area contributed by atoms with Gasteiger partial charge in [0.15, 0.2) is 5.82 Å². The number of aromatic nitrogens is 2. The highest BCUT2D eigenvalue weighted by molar-refractivity contribution is 5.51. The number of rotatable bonds is 5. The Hall–Kier alpha value is -2.12. The molecule has 1 saturated carbocycles. The molecule has 0 bridgehead atoms. The zero-order chi connectivity index (χ0) is 17.6. The van der Waals surface area contributed by atoms with E-state index >= 15 is 0 Å². The lowest BCUT2D eigenvalue weighted by Crippen LogP contribution is -2.36. The van der Waals surface area contributed by atoms with Crippen molar-refractivity contribution in [1.29, 1.82) is 0 Å². The molecular formula is C18H23N3O4. The monoisotopic (exact) mass is 345 g/mol. The maximum absolute atomic E-state index is 10.7. The van der Waals surface area contributed by atoms with Crippen LogP contribution < -0.4 is 9.47 Å². The van der Waals surface area contributed by atoms with Crippen LogP contribution in [0.2, 0.25) is 0 Å². The molecule has 0 unspecified atom stereocenters. The minimum atomic E-state index is -0.665. The summed E-state index contributed by atoms with van der Waals surface area (Å²) < 4.78 is 16.4. The van der Waals surface area contributed by atoms with Gasteiger partial charge in [-0.3, -0.25) is 4.90 Å². The van der Waals surface area contributed by atoms with E-state index in [0.29, 0.717) is 30.6 Å². The van der Waals surface area contributed by atoms with E-state index in [1.807, 2.05) is 19.1 Å². The molecule has 2 atom stereocenters. The molecule has 1 aromatic heterocycles. The van der Waals surface area contributed by atoms with Crippen LogP contribution in [0.25, 0.3) is 0 Å².